The van der Waals surface area contributed by atoms with E-state index in [1.165, 1.54) is 18.3 Å². The third kappa shape index (κ3) is 7.80. The first kappa shape index (κ1) is 29.5. The lowest BCUT2D eigenvalue weighted by atomic mass is 10.2. The van der Waals surface area contributed by atoms with Crippen LogP contribution in [0.1, 0.15) is 21.5 Å². The van der Waals surface area contributed by atoms with Crippen molar-refractivity contribution in [3.05, 3.63) is 88.0 Å². The molecule has 1 fully saturated rings. The van der Waals surface area contributed by atoms with Gasteiger partial charge in [-0.1, -0.05) is 30.3 Å². The van der Waals surface area contributed by atoms with Crippen molar-refractivity contribution in [3.63, 3.8) is 0 Å². The number of alkyl halides is 3. The number of rotatable bonds is 9. The zero-order valence-electron chi connectivity index (χ0n) is 21.7. The quantitative estimate of drug-likeness (QED) is 0.372. The van der Waals surface area contributed by atoms with E-state index in [0.29, 0.717) is 26.2 Å². The molecule has 2 aromatic carbocycles. The molecule has 2 heterocycles. The van der Waals surface area contributed by atoms with E-state index in [4.69, 9.17) is 9.47 Å². The second-order valence-corrected chi connectivity index (χ2v) is 10.1. The lowest BCUT2D eigenvalue weighted by Gasteiger charge is -2.34. The number of likely N-dealkylation sites (N-methyl/N-ethyl adjacent to an activating group) is 1. The summed E-state index contributed by atoms with van der Waals surface area (Å²) in [7, 11) is 1.98. The molecule has 0 spiro atoms. The molecule has 212 valence electrons. The van der Waals surface area contributed by atoms with Gasteiger partial charge in [-0.15, -0.1) is 0 Å². The molecule has 1 N–H and O–H groups in total. The zero-order valence-corrected chi connectivity index (χ0v) is 23.2. The monoisotopic (exact) mass is 620 g/mol. The van der Waals surface area contributed by atoms with Crippen LogP contribution in [-0.4, -0.2) is 72.5 Å². The van der Waals surface area contributed by atoms with Gasteiger partial charge in [0.05, 0.1) is 23.2 Å². The third-order valence-electron chi connectivity index (χ3n) is 6.30. The van der Waals surface area contributed by atoms with Crippen LogP contribution in [-0.2, 0) is 22.3 Å². The Morgan fingerprint density at radius 2 is 1.77 bits per heavy atom. The molecule has 1 atom stereocenters. The molecule has 3 aromatic rings. The van der Waals surface area contributed by atoms with Gasteiger partial charge >= 0.3 is 6.18 Å². The second kappa shape index (κ2) is 13.2. The minimum Gasteiger partial charge on any atom is -0.437 e. The Bertz CT molecular complexity index is 1320. The number of benzene rings is 2. The van der Waals surface area contributed by atoms with Crippen LogP contribution in [0, 0.1) is 0 Å². The van der Waals surface area contributed by atoms with Crippen molar-refractivity contribution >= 4 is 27.7 Å². The highest BCUT2D eigenvalue weighted by molar-refractivity contribution is 9.10. The molecule has 4 rings (SSSR count). The van der Waals surface area contributed by atoms with Crippen LogP contribution in [0.15, 0.2) is 71.3 Å². The van der Waals surface area contributed by atoms with Crippen molar-refractivity contribution in [2.24, 2.45) is 0 Å². The summed E-state index contributed by atoms with van der Waals surface area (Å²) in [5, 5.41) is 2.75. The molecule has 1 saturated heterocycles. The van der Waals surface area contributed by atoms with Gasteiger partial charge in [-0.25, -0.2) is 4.98 Å². The number of carbonyl (C=O) groups is 2. The van der Waals surface area contributed by atoms with Gasteiger partial charge in [-0.3, -0.25) is 9.59 Å². The van der Waals surface area contributed by atoms with E-state index in [2.05, 4.69) is 31.1 Å². The molecule has 0 aliphatic carbocycles. The van der Waals surface area contributed by atoms with Gasteiger partial charge in [0.2, 0.25) is 11.8 Å². The van der Waals surface area contributed by atoms with Crippen LogP contribution < -0.4 is 10.1 Å². The maximum absolute atomic E-state index is 13.4. The predicted molar refractivity (Wildman–Crippen MR) is 145 cm³/mol. The number of nitrogens with zero attached hydrogens (tertiary/aromatic N) is 3. The van der Waals surface area contributed by atoms with Crippen molar-refractivity contribution in [2.75, 3.05) is 39.8 Å². The molecule has 1 aliphatic heterocycles. The maximum Gasteiger partial charge on any atom is 0.416 e. The van der Waals surface area contributed by atoms with Crippen molar-refractivity contribution in [1.82, 2.24) is 20.1 Å². The predicted octanol–water partition coefficient (Wildman–Crippen LogP) is 4.74. The van der Waals surface area contributed by atoms with Crippen molar-refractivity contribution in [1.29, 1.82) is 0 Å². The van der Waals surface area contributed by atoms with E-state index in [0.717, 1.165) is 23.8 Å². The highest BCUT2D eigenvalue weighted by atomic mass is 79.9. The maximum atomic E-state index is 13.4. The van der Waals surface area contributed by atoms with E-state index >= 15 is 0 Å². The summed E-state index contributed by atoms with van der Waals surface area (Å²) in [5.74, 6) is -0.998. The fourth-order valence-corrected chi connectivity index (χ4v) is 4.50. The van der Waals surface area contributed by atoms with E-state index in [1.54, 1.807) is 4.90 Å². The lowest BCUT2D eigenvalue weighted by Crippen LogP contribution is -2.55. The summed E-state index contributed by atoms with van der Waals surface area (Å²) in [6.07, 6.45) is -3.13. The number of hydrogen-bond donors (Lipinski definition) is 1. The first-order valence-electron chi connectivity index (χ1n) is 12.5. The number of piperazine rings is 1. The molecule has 8 nitrogen and oxygen atoms in total. The third-order valence-corrected chi connectivity index (χ3v) is 6.92. The first-order chi connectivity index (χ1) is 19.1. The number of halogens is 4. The smallest absolute Gasteiger partial charge is 0.416 e. The van der Waals surface area contributed by atoms with Crippen LogP contribution in [0.2, 0.25) is 0 Å². The molecule has 12 heteroatoms. The fraction of sp³-hybridized carbons (Fsp3) is 0.321. The number of nitrogens with one attached hydrogen (secondary N) is 1. The largest absolute Gasteiger partial charge is 0.437 e. The van der Waals surface area contributed by atoms with Crippen LogP contribution in [0.3, 0.4) is 0 Å². The number of aromatic nitrogens is 1. The minimum absolute atomic E-state index is 0.00790. The topological polar surface area (TPSA) is 84.0 Å². The molecule has 1 aliphatic rings. The molecular formula is C28H28BrF3N4O4. The Labute approximate surface area is 238 Å². The van der Waals surface area contributed by atoms with Gasteiger partial charge in [-0.05, 0) is 58.9 Å². The molecule has 0 saturated carbocycles. The minimum atomic E-state index is -4.52. The van der Waals surface area contributed by atoms with Crippen LogP contribution in [0.4, 0.5) is 13.2 Å². The average Bonchev–Trinajstić information content (AvgIpc) is 2.94. The average molecular weight is 621 g/mol. The van der Waals surface area contributed by atoms with Gasteiger partial charge in [0, 0.05) is 32.4 Å². The SMILES string of the molecule is CN1CCN(C(=O)[C@@H](COCc2ccccc2)NC(=O)c2cccnc2Oc2ccc(C(F)(F)F)cc2Br)CC1. The Morgan fingerprint density at radius 3 is 2.45 bits per heavy atom. The summed E-state index contributed by atoms with van der Waals surface area (Å²) >= 11 is 3.09. The van der Waals surface area contributed by atoms with Crippen molar-refractivity contribution in [2.45, 2.75) is 18.8 Å². The van der Waals surface area contributed by atoms with Gasteiger partial charge in [0.1, 0.15) is 17.4 Å². The number of pyridine rings is 1. The molecule has 40 heavy (non-hydrogen) atoms. The van der Waals surface area contributed by atoms with Gasteiger partial charge in [-0.2, -0.15) is 13.2 Å². The van der Waals surface area contributed by atoms with Gasteiger partial charge in [0.15, 0.2) is 0 Å². The highest BCUT2D eigenvalue weighted by Gasteiger charge is 2.32. The number of ether oxygens (including phenoxy) is 2. The Balaban J connectivity index is 1.50. The van der Waals surface area contributed by atoms with Crippen LogP contribution in [0.5, 0.6) is 11.6 Å². The van der Waals surface area contributed by atoms with Gasteiger partial charge in [0.25, 0.3) is 5.91 Å². The number of carbonyl (C=O) groups excluding carboxylic acids is 2. The van der Waals surface area contributed by atoms with E-state index in [1.807, 2.05) is 37.4 Å². The van der Waals surface area contributed by atoms with Crippen LogP contribution >= 0.6 is 15.9 Å². The Kier molecular flexibility index (Phi) is 9.77. The normalized spacial score (nSPS) is 15.0. The summed E-state index contributed by atoms with van der Waals surface area (Å²) in [6, 6.07) is 14.3. The standard InChI is InChI=1S/C28H28BrF3N4O4/c1-35-12-14-36(15-13-35)27(38)23(18-39-17-19-6-3-2-4-7-19)34-25(37)21-8-5-11-33-26(21)40-24-10-9-20(16-22(24)29)28(30,31)32/h2-11,16,23H,12-15,17-18H2,1H3,(H,34,37)/t23-/m1/s1. The summed E-state index contributed by atoms with van der Waals surface area (Å²) < 4.78 is 50.7. The molecule has 0 unspecified atom stereocenters. The van der Waals surface area contributed by atoms with Gasteiger partial charge < -0.3 is 24.6 Å². The highest BCUT2D eigenvalue weighted by Crippen LogP contribution is 2.36. The first-order valence-corrected chi connectivity index (χ1v) is 13.3. The van der Waals surface area contributed by atoms with E-state index in [9.17, 15) is 22.8 Å². The van der Waals surface area contributed by atoms with Crippen molar-refractivity contribution in [3.8, 4) is 11.6 Å². The molecule has 0 bridgehead atoms. The van der Waals surface area contributed by atoms with Crippen LogP contribution in [0.25, 0.3) is 0 Å². The number of hydrogen-bond acceptors (Lipinski definition) is 6. The fourth-order valence-electron chi connectivity index (χ4n) is 4.04. The molecule has 1 aromatic heterocycles. The molecule has 0 radical (unpaired) electrons. The lowest BCUT2D eigenvalue weighted by molar-refractivity contribution is -0.138. The summed E-state index contributed by atoms with van der Waals surface area (Å²) in [5.41, 5.74) is 0.0738. The summed E-state index contributed by atoms with van der Waals surface area (Å²) in [6.45, 7) is 2.64. The zero-order chi connectivity index (χ0) is 28.7. The summed E-state index contributed by atoms with van der Waals surface area (Å²) in [4.78, 5) is 34.7. The molecular weight excluding hydrogens is 593 g/mol. The van der Waals surface area contributed by atoms with Crippen molar-refractivity contribution < 1.29 is 32.2 Å². The van der Waals surface area contributed by atoms with E-state index in [-0.39, 0.29) is 40.8 Å². The second-order valence-electron chi connectivity index (χ2n) is 9.26. The Morgan fingerprint density at radius 1 is 1.05 bits per heavy atom. The molecule has 2 amide bonds. The Hall–Kier alpha value is -3.48. The van der Waals surface area contributed by atoms with E-state index < -0.39 is 23.7 Å². The number of amides is 2.